The normalized spacial score (nSPS) is 11.4. The van der Waals surface area contributed by atoms with Gasteiger partial charge in [-0.2, -0.15) is 0 Å². The molecular formula is C12H16N2O2. The first kappa shape index (κ1) is 11.1. The summed E-state index contributed by atoms with van der Waals surface area (Å²) >= 11 is 0. The molecule has 0 bridgehead atoms. The number of hydrogen-bond donors (Lipinski definition) is 1. The van der Waals surface area contributed by atoms with Crippen LogP contribution in [0.2, 0.25) is 0 Å². The van der Waals surface area contributed by atoms with Gasteiger partial charge in [-0.25, -0.2) is 0 Å². The first-order valence-electron chi connectivity index (χ1n) is 5.52. The maximum Gasteiger partial charge on any atom is 0.198 e. The lowest BCUT2D eigenvalue weighted by molar-refractivity contribution is -0.142. The van der Waals surface area contributed by atoms with Gasteiger partial charge in [0.2, 0.25) is 0 Å². The third kappa shape index (κ3) is 2.23. The zero-order valence-corrected chi connectivity index (χ0v) is 9.56. The average Bonchev–Trinajstić information content (AvgIpc) is 2.72. The lowest BCUT2D eigenvalue weighted by Gasteiger charge is -2.14. The highest BCUT2D eigenvalue weighted by molar-refractivity contribution is 5.75. The molecule has 16 heavy (non-hydrogen) atoms. The van der Waals surface area contributed by atoms with Gasteiger partial charge in [-0.05, 0) is 32.0 Å². The zero-order valence-electron chi connectivity index (χ0n) is 9.56. The van der Waals surface area contributed by atoms with Crippen molar-refractivity contribution in [2.45, 2.75) is 20.1 Å². The van der Waals surface area contributed by atoms with Crippen LogP contribution in [0, 0.1) is 0 Å². The topological polar surface area (TPSA) is 47.1 Å². The van der Waals surface area contributed by atoms with Crippen LogP contribution in [0.3, 0.4) is 0 Å². The molecule has 0 aliphatic heterocycles. The number of pyridine rings is 1. The number of nitrogens with zero attached hydrogens (tertiary/aromatic N) is 1. The molecule has 2 aromatic rings. The van der Waals surface area contributed by atoms with Crippen molar-refractivity contribution in [3.63, 3.8) is 0 Å². The molecule has 0 amide bonds. The van der Waals surface area contributed by atoms with Crippen LogP contribution in [0.25, 0.3) is 11.0 Å². The third-order valence-corrected chi connectivity index (χ3v) is 2.30. The van der Waals surface area contributed by atoms with Crippen molar-refractivity contribution in [3.05, 3.63) is 30.1 Å². The minimum Gasteiger partial charge on any atom is -0.353 e. The summed E-state index contributed by atoms with van der Waals surface area (Å²) in [6.45, 7) is 5.14. The van der Waals surface area contributed by atoms with Gasteiger partial charge in [0.15, 0.2) is 6.29 Å². The van der Waals surface area contributed by atoms with E-state index in [-0.39, 0.29) is 6.29 Å². The van der Waals surface area contributed by atoms with E-state index in [0.29, 0.717) is 13.2 Å². The Balaban J connectivity index is 2.29. The van der Waals surface area contributed by atoms with Gasteiger partial charge in [0.25, 0.3) is 0 Å². The Morgan fingerprint density at radius 2 is 2.06 bits per heavy atom. The first-order chi connectivity index (χ1) is 7.85. The SMILES string of the molecule is CCOC(OCC)c1cc2ncccc2[nH]1. The molecule has 0 unspecified atom stereocenters. The summed E-state index contributed by atoms with van der Waals surface area (Å²) in [5.41, 5.74) is 2.85. The summed E-state index contributed by atoms with van der Waals surface area (Å²) in [6, 6.07) is 5.85. The molecule has 0 saturated heterocycles. The summed E-state index contributed by atoms with van der Waals surface area (Å²) in [5.74, 6) is 0. The second kappa shape index (κ2) is 5.09. The van der Waals surface area contributed by atoms with Gasteiger partial charge in [-0.3, -0.25) is 4.98 Å². The van der Waals surface area contributed by atoms with Crippen molar-refractivity contribution in [3.8, 4) is 0 Å². The molecule has 2 aromatic heterocycles. The number of aromatic amines is 1. The monoisotopic (exact) mass is 220 g/mol. The molecule has 0 saturated carbocycles. The smallest absolute Gasteiger partial charge is 0.198 e. The quantitative estimate of drug-likeness (QED) is 0.788. The Morgan fingerprint density at radius 1 is 1.31 bits per heavy atom. The van der Waals surface area contributed by atoms with E-state index in [1.165, 1.54) is 0 Å². The van der Waals surface area contributed by atoms with E-state index in [9.17, 15) is 0 Å². The molecule has 0 spiro atoms. The van der Waals surface area contributed by atoms with Crippen molar-refractivity contribution in [2.24, 2.45) is 0 Å². The standard InChI is InChI=1S/C12H16N2O2/c1-3-15-12(16-4-2)11-8-10-9(14-11)6-5-7-13-10/h5-8,12,14H,3-4H2,1-2H3. The maximum atomic E-state index is 5.52. The van der Waals surface area contributed by atoms with Gasteiger partial charge >= 0.3 is 0 Å². The Hall–Kier alpha value is -1.39. The number of nitrogens with one attached hydrogen (secondary N) is 1. The maximum absolute atomic E-state index is 5.52. The fraction of sp³-hybridized carbons (Fsp3) is 0.417. The van der Waals surface area contributed by atoms with Gasteiger partial charge in [0, 0.05) is 19.4 Å². The highest BCUT2D eigenvalue weighted by Crippen LogP contribution is 2.21. The van der Waals surface area contributed by atoms with Gasteiger partial charge in [-0.1, -0.05) is 0 Å². The van der Waals surface area contributed by atoms with Crippen LogP contribution in [0.4, 0.5) is 0 Å². The summed E-state index contributed by atoms with van der Waals surface area (Å²) in [5, 5.41) is 0. The van der Waals surface area contributed by atoms with Crippen LogP contribution in [-0.2, 0) is 9.47 Å². The van der Waals surface area contributed by atoms with Gasteiger partial charge < -0.3 is 14.5 Å². The molecule has 0 aliphatic carbocycles. The minimum absolute atomic E-state index is 0.329. The van der Waals surface area contributed by atoms with E-state index < -0.39 is 0 Å². The lowest BCUT2D eigenvalue weighted by Crippen LogP contribution is -2.08. The van der Waals surface area contributed by atoms with Crippen molar-refractivity contribution in [1.29, 1.82) is 0 Å². The largest absolute Gasteiger partial charge is 0.353 e. The van der Waals surface area contributed by atoms with Crippen molar-refractivity contribution in [1.82, 2.24) is 9.97 Å². The average molecular weight is 220 g/mol. The Labute approximate surface area is 94.6 Å². The molecule has 0 fully saturated rings. The Bertz CT molecular complexity index is 414. The van der Waals surface area contributed by atoms with Crippen molar-refractivity contribution >= 4 is 11.0 Å². The van der Waals surface area contributed by atoms with Crippen LogP contribution >= 0.6 is 0 Å². The Morgan fingerprint density at radius 3 is 2.69 bits per heavy atom. The molecule has 0 radical (unpaired) electrons. The minimum atomic E-state index is -0.329. The van der Waals surface area contributed by atoms with Gasteiger partial charge in [0.05, 0.1) is 16.7 Å². The van der Waals surface area contributed by atoms with E-state index in [4.69, 9.17) is 9.47 Å². The van der Waals surface area contributed by atoms with Gasteiger partial charge in [0.1, 0.15) is 0 Å². The molecule has 0 atom stereocenters. The summed E-state index contributed by atoms with van der Waals surface area (Å²) in [7, 11) is 0. The first-order valence-corrected chi connectivity index (χ1v) is 5.52. The number of hydrogen-bond acceptors (Lipinski definition) is 3. The molecule has 1 N–H and O–H groups in total. The molecule has 4 nitrogen and oxygen atoms in total. The highest BCUT2D eigenvalue weighted by Gasteiger charge is 2.14. The number of rotatable bonds is 5. The molecule has 0 aliphatic rings. The summed E-state index contributed by atoms with van der Waals surface area (Å²) < 4.78 is 11.0. The van der Waals surface area contributed by atoms with Crippen molar-refractivity contribution in [2.75, 3.05) is 13.2 Å². The van der Waals surface area contributed by atoms with Crippen LogP contribution < -0.4 is 0 Å². The predicted octanol–water partition coefficient (Wildman–Crippen LogP) is 2.63. The predicted molar refractivity (Wildman–Crippen MR) is 62.1 cm³/mol. The van der Waals surface area contributed by atoms with E-state index in [1.54, 1.807) is 6.20 Å². The molecule has 2 rings (SSSR count). The van der Waals surface area contributed by atoms with E-state index >= 15 is 0 Å². The summed E-state index contributed by atoms with van der Waals surface area (Å²) in [4.78, 5) is 7.51. The number of ether oxygens (including phenoxy) is 2. The van der Waals surface area contributed by atoms with Crippen LogP contribution in [0.1, 0.15) is 25.8 Å². The second-order valence-electron chi connectivity index (χ2n) is 3.40. The van der Waals surface area contributed by atoms with E-state index in [2.05, 4.69) is 9.97 Å². The molecule has 2 heterocycles. The van der Waals surface area contributed by atoms with Gasteiger partial charge in [-0.15, -0.1) is 0 Å². The molecule has 4 heteroatoms. The molecule has 86 valence electrons. The summed E-state index contributed by atoms with van der Waals surface area (Å²) in [6.07, 6.45) is 1.44. The lowest BCUT2D eigenvalue weighted by atomic mass is 10.3. The third-order valence-electron chi connectivity index (χ3n) is 2.30. The highest BCUT2D eigenvalue weighted by atomic mass is 16.7. The zero-order chi connectivity index (χ0) is 11.4. The van der Waals surface area contributed by atoms with Crippen LogP contribution in [0.5, 0.6) is 0 Å². The van der Waals surface area contributed by atoms with Crippen molar-refractivity contribution < 1.29 is 9.47 Å². The van der Waals surface area contributed by atoms with Crippen LogP contribution in [0.15, 0.2) is 24.4 Å². The second-order valence-corrected chi connectivity index (χ2v) is 3.40. The Kier molecular flexibility index (Phi) is 3.54. The fourth-order valence-electron chi connectivity index (χ4n) is 1.63. The number of H-pyrrole nitrogens is 1. The fourth-order valence-corrected chi connectivity index (χ4v) is 1.63. The number of fused-ring (bicyclic) bond motifs is 1. The molecule has 0 aromatic carbocycles. The van der Waals surface area contributed by atoms with E-state index in [1.807, 2.05) is 32.0 Å². The van der Waals surface area contributed by atoms with Crippen LogP contribution in [-0.4, -0.2) is 23.2 Å². The number of aromatic nitrogens is 2. The van der Waals surface area contributed by atoms with E-state index in [0.717, 1.165) is 16.7 Å². The molecular weight excluding hydrogens is 204 g/mol.